The van der Waals surface area contributed by atoms with Crippen LogP contribution < -0.4 is 10.9 Å². The summed E-state index contributed by atoms with van der Waals surface area (Å²) >= 11 is 0. The summed E-state index contributed by atoms with van der Waals surface area (Å²) in [5.74, 6) is -0.463. The van der Waals surface area contributed by atoms with Gasteiger partial charge in [0.05, 0.1) is 12.5 Å². The Kier molecular flexibility index (Phi) is 5.33. The zero-order valence-electron chi connectivity index (χ0n) is 14.3. The fourth-order valence-corrected chi connectivity index (χ4v) is 3.31. The minimum Gasteiger partial charge on any atom is -0.354 e. The number of carbonyl (C=O) groups excluding carboxylic acids is 1. The van der Waals surface area contributed by atoms with Gasteiger partial charge in [-0.15, -0.1) is 0 Å². The molecule has 134 valence electrons. The van der Waals surface area contributed by atoms with Crippen molar-refractivity contribution in [3.05, 3.63) is 57.3 Å². The minimum absolute atomic E-state index is 0.0117. The van der Waals surface area contributed by atoms with Crippen molar-refractivity contribution in [2.75, 3.05) is 19.6 Å². The predicted molar refractivity (Wildman–Crippen MR) is 92.8 cm³/mol. The molecular weight excluding hydrogens is 323 g/mol. The highest BCUT2D eigenvalue weighted by atomic mass is 19.1. The van der Waals surface area contributed by atoms with Crippen LogP contribution in [0.3, 0.4) is 0 Å². The van der Waals surface area contributed by atoms with Crippen molar-refractivity contribution in [2.45, 2.75) is 32.2 Å². The van der Waals surface area contributed by atoms with Gasteiger partial charge in [0.2, 0.25) is 5.91 Å². The van der Waals surface area contributed by atoms with Crippen LogP contribution in [0.1, 0.15) is 35.7 Å². The molecule has 1 aromatic heterocycles. The van der Waals surface area contributed by atoms with Crippen LogP contribution in [0.15, 0.2) is 29.1 Å². The van der Waals surface area contributed by atoms with Crippen LogP contribution >= 0.6 is 0 Å². The van der Waals surface area contributed by atoms with Gasteiger partial charge in [-0.1, -0.05) is 12.1 Å². The van der Waals surface area contributed by atoms with Crippen molar-refractivity contribution in [3.63, 3.8) is 0 Å². The van der Waals surface area contributed by atoms with Gasteiger partial charge in [0, 0.05) is 17.8 Å². The molecular formula is C18H23FN4O2. The number of amides is 1. The van der Waals surface area contributed by atoms with Crippen LogP contribution in [-0.4, -0.2) is 40.6 Å². The van der Waals surface area contributed by atoms with Gasteiger partial charge in [-0.2, -0.15) is 0 Å². The predicted octanol–water partition coefficient (Wildman–Crippen LogP) is 1.65. The first-order chi connectivity index (χ1) is 12.0. The summed E-state index contributed by atoms with van der Waals surface area (Å²) in [7, 11) is 0. The van der Waals surface area contributed by atoms with Gasteiger partial charge in [0.1, 0.15) is 5.82 Å². The Morgan fingerprint density at radius 1 is 1.24 bits per heavy atom. The first-order valence-corrected chi connectivity index (χ1v) is 8.57. The lowest BCUT2D eigenvalue weighted by molar-refractivity contribution is -0.120. The number of nitrogens with zero attached hydrogens (tertiary/aromatic N) is 1. The van der Waals surface area contributed by atoms with Gasteiger partial charge in [-0.05, 0) is 50.6 Å². The fourth-order valence-electron chi connectivity index (χ4n) is 3.31. The third-order valence-corrected chi connectivity index (χ3v) is 4.76. The molecule has 7 heteroatoms. The van der Waals surface area contributed by atoms with Crippen LogP contribution in [-0.2, 0) is 11.2 Å². The van der Waals surface area contributed by atoms with Crippen molar-refractivity contribution in [3.8, 4) is 0 Å². The van der Waals surface area contributed by atoms with E-state index in [2.05, 4.69) is 20.4 Å². The molecule has 1 atom stereocenters. The smallest absolute Gasteiger partial charge is 0.267 e. The molecule has 1 aromatic carbocycles. The maximum Gasteiger partial charge on any atom is 0.267 e. The van der Waals surface area contributed by atoms with E-state index < -0.39 is 0 Å². The fraction of sp³-hybridized carbons (Fsp3) is 0.444. The molecule has 6 nitrogen and oxygen atoms in total. The Bertz CT molecular complexity index is 775. The second-order valence-electron chi connectivity index (χ2n) is 6.47. The van der Waals surface area contributed by atoms with Crippen LogP contribution in [0.4, 0.5) is 4.39 Å². The third kappa shape index (κ3) is 4.17. The first kappa shape index (κ1) is 17.4. The topological polar surface area (TPSA) is 81.0 Å². The third-order valence-electron chi connectivity index (χ3n) is 4.76. The van der Waals surface area contributed by atoms with Gasteiger partial charge in [-0.25, -0.2) is 4.39 Å². The molecule has 1 fully saturated rings. The van der Waals surface area contributed by atoms with E-state index in [1.807, 2.05) is 0 Å². The quantitative estimate of drug-likeness (QED) is 0.744. The molecule has 0 bridgehead atoms. The van der Waals surface area contributed by atoms with Crippen LogP contribution in [0.5, 0.6) is 0 Å². The number of aromatic amines is 2. The molecule has 1 aliphatic rings. The van der Waals surface area contributed by atoms with Crippen LogP contribution in [0.2, 0.25) is 0 Å². The van der Waals surface area contributed by atoms with E-state index in [0.29, 0.717) is 17.8 Å². The Morgan fingerprint density at radius 3 is 2.52 bits per heavy atom. The van der Waals surface area contributed by atoms with E-state index in [4.69, 9.17) is 0 Å². The van der Waals surface area contributed by atoms with Crippen LogP contribution in [0.25, 0.3) is 0 Å². The molecule has 1 amide bonds. The number of aromatic nitrogens is 2. The van der Waals surface area contributed by atoms with E-state index in [9.17, 15) is 14.0 Å². The summed E-state index contributed by atoms with van der Waals surface area (Å²) < 4.78 is 13.2. The van der Waals surface area contributed by atoms with Gasteiger partial charge >= 0.3 is 0 Å². The van der Waals surface area contributed by atoms with E-state index in [0.717, 1.165) is 31.5 Å². The lowest BCUT2D eigenvalue weighted by Gasteiger charge is -2.28. The van der Waals surface area contributed by atoms with Crippen molar-refractivity contribution < 1.29 is 9.18 Å². The summed E-state index contributed by atoms with van der Waals surface area (Å²) in [4.78, 5) is 26.2. The largest absolute Gasteiger partial charge is 0.354 e. The molecule has 3 rings (SSSR count). The van der Waals surface area contributed by atoms with Gasteiger partial charge in [-0.3, -0.25) is 19.6 Å². The minimum atomic E-state index is -0.268. The lowest BCUT2D eigenvalue weighted by Crippen LogP contribution is -2.37. The van der Waals surface area contributed by atoms with Crippen molar-refractivity contribution in [1.29, 1.82) is 0 Å². The van der Waals surface area contributed by atoms with E-state index >= 15 is 0 Å². The number of carbonyl (C=O) groups is 1. The number of halogens is 1. The number of hydrogen-bond acceptors (Lipinski definition) is 3. The number of hydrogen-bond donors (Lipinski definition) is 3. The number of aryl methyl sites for hydroxylation is 1. The number of benzene rings is 1. The zero-order valence-corrected chi connectivity index (χ0v) is 14.3. The molecule has 2 aromatic rings. The maximum absolute atomic E-state index is 13.2. The summed E-state index contributed by atoms with van der Waals surface area (Å²) in [5.41, 5.74) is 1.85. The van der Waals surface area contributed by atoms with Crippen molar-refractivity contribution >= 4 is 5.91 Å². The summed E-state index contributed by atoms with van der Waals surface area (Å²) in [6.07, 6.45) is 2.30. The Hall–Kier alpha value is -2.41. The maximum atomic E-state index is 13.2. The highest BCUT2D eigenvalue weighted by Crippen LogP contribution is 2.24. The molecule has 0 saturated carbocycles. The van der Waals surface area contributed by atoms with E-state index in [1.54, 1.807) is 19.1 Å². The molecule has 0 unspecified atom stereocenters. The molecule has 0 radical (unpaired) electrons. The Morgan fingerprint density at radius 2 is 1.92 bits per heavy atom. The molecule has 3 N–H and O–H groups in total. The zero-order chi connectivity index (χ0) is 17.8. The van der Waals surface area contributed by atoms with E-state index in [1.165, 1.54) is 12.1 Å². The molecule has 0 aliphatic carbocycles. The van der Waals surface area contributed by atoms with E-state index in [-0.39, 0.29) is 29.7 Å². The lowest BCUT2D eigenvalue weighted by atomic mass is 10.1. The van der Waals surface area contributed by atoms with Gasteiger partial charge < -0.3 is 10.4 Å². The average molecular weight is 346 g/mol. The molecule has 2 heterocycles. The number of likely N-dealkylation sites (tertiary alicyclic amines) is 1. The van der Waals surface area contributed by atoms with Crippen LogP contribution in [0, 0.1) is 12.7 Å². The Labute approximate surface area is 145 Å². The number of H-pyrrole nitrogens is 2. The van der Waals surface area contributed by atoms with Gasteiger partial charge in [0.25, 0.3) is 5.56 Å². The summed E-state index contributed by atoms with van der Waals surface area (Å²) in [6, 6.07) is 6.45. The number of nitrogens with one attached hydrogen (secondary N) is 3. The SMILES string of the molecule is Cc1[nH][nH]c(=O)c1CC(=O)NC[C@H](c1ccc(F)cc1)N1CCCC1. The molecule has 25 heavy (non-hydrogen) atoms. The summed E-state index contributed by atoms with van der Waals surface area (Å²) in [6.45, 7) is 4.13. The Balaban J connectivity index is 1.67. The highest BCUT2D eigenvalue weighted by Gasteiger charge is 2.24. The molecule has 0 spiro atoms. The average Bonchev–Trinajstić information content (AvgIpc) is 3.22. The standard InChI is InChI=1S/C18H23FN4O2/c1-12-15(18(25)22-21-12)10-17(24)20-11-16(23-8-2-3-9-23)13-4-6-14(19)7-5-13/h4-7,16H,2-3,8-11H2,1H3,(H,20,24)(H2,21,22,25)/t16-/m1/s1. The molecule has 1 saturated heterocycles. The van der Waals surface area contributed by atoms with Crippen molar-refractivity contribution in [2.24, 2.45) is 0 Å². The highest BCUT2D eigenvalue weighted by molar-refractivity contribution is 5.78. The molecule has 1 aliphatic heterocycles. The second kappa shape index (κ2) is 7.65. The number of rotatable bonds is 6. The summed E-state index contributed by atoms with van der Waals surface area (Å²) in [5, 5.41) is 8.12. The van der Waals surface area contributed by atoms with Gasteiger partial charge in [0.15, 0.2) is 0 Å². The normalized spacial score (nSPS) is 16.1. The first-order valence-electron chi connectivity index (χ1n) is 8.57. The monoisotopic (exact) mass is 346 g/mol. The van der Waals surface area contributed by atoms with Crippen molar-refractivity contribution in [1.82, 2.24) is 20.4 Å². The second-order valence-corrected chi connectivity index (χ2v) is 6.47.